The topological polar surface area (TPSA) is 62.1 Å². The molecule has 0 spiro atoms. The lowest BCUT2D eigenvalue weighted by molar-refractivity contribution is 0.0704. The molecule has 1 amide bonds. The Hall–Kier alpha value is -2.04. The highest BCUT2D eigenvalue weighted by atomic mass is 16.3. The van der Waals surface area contributed by atoms with Crippen LogP contribution in [0.2, 0.25) is 0 Å². The number of piperidine rings is 1. The SMILES string of the molecule is Cc1oc(C)c(C(=O)N2CCCC(c3cn[nH]c3)C2)c1C. The zero-order valence-corrected chi connectivity index (χ0v) is 12.8. The Kier molecular flexibility index (Phi) is 3.57. The van der Waals surface area contributed by atoms with E-state index in [-0.39, 0.29) is 5.91 Å². The number of carbonyl (C=O) groups is 1. The van der Waals surface area contributed by atoms with Crippen LogP contribution in [0.4, 0.5) is 0 Å². The lowest BCUT2D eigenvalue weighted by atomic mass is 9.92. The van der Waals surface area contributed by atoms with Crippen LogP contribution in [-0.4, -0.2) is 34.1 Å². The monoisotopic (exact) mass is 287 g/mol. The van der Waals surface area contributed by atoms with Crippen LogP contribution in [0.25, 0.3) is 0 Å². The van der Waals surface area contributed by atoms with E-state index in [0.29, 0.717) is 5.92 Å². The number of hydrogen-bond donors (Lipinski definition) is 1. The fourth-order valence-electron chi connectivity index (χ4n) is 3.18. The van der Waals surface area contributed by atoms with Gasteiger partial charge in [-0.15, -0.1) is 0 Å². The maximum atomic E-state index is 12.8. The van der Waals surface area contributed by atoms with Crippen LogP contribution in [-0.2, 0) is 0 Å². The second-order valence-electron chi connectivity index (χ2n) is 5.84. The number of H-pyrrole nitrogens is 1. The van der Waals surface area contributed by atoms with Crippen molar-refractivity contribution in [3.8, 4) is 0 Å². The first-order valence-electron chi connectivity index (χ1n) is 7.42. The largest absolute Gasteiger partial charge is 0.466 e. The van der Waals surface area contributed by atoms with E-state index in [1.165, 1.54) is 5.56 Å². The first-order chi connectivity index (χ1) is 10.1. The molecule has 0 aromatic carbocycles. The van der Waals surface area contributed by atoms with E-state index in [9.17, 15) is 4.79 Å². The molecule has 3 heterocycles. The molecule has 3 rings (SSSR count). The number of aryl methyl sites for hydroxylation is 2. The number of nitrogens with one attached hydrogen (secondary N) is 1. The minimum Gasteiger partial charge on any atom is -0.466 e. The van der Waals surface area contributed by atoms with Gasteiger partial charge in [0.25, 0.3) is 5.91 Å². The predicted molar refractivity (Wildman–Crippen MR) is 79.4 cm³/mol. The maximum Gasteiger partial charge on any atom is 0.257 e. The molecule has 0 saturated carbocycles. The molecule has 112 valence electrons. The van der Waals surface area contributed by atoms with Crippen molar-refractivity contribution in [1.82, 2.24) is 15.1 Å². The summed E-state index contributed by atoms with van der Waals surface area (Å²) in [4.78, 5) is 14.8. The van der Waals surface area contributed by atoms with Gasteiger partial charge in [-0.25, -0.2) is 0 Å². The van der Waals surface area contributed by atoms with Gasteiger partial charge in [0.05, 0.1) is 11.8 Å². The smallest absolute Gasteiger partial charge is 0.257 e. The van der Waals surface area contributed by atoms with Crippen molar-refractivity contribution < 1.29 is 9.21 Å². The molecule has 1 N–H and O–H groups in total. The first kappa shape index (κ1) is 13.9. The van der Waals surface area contributed by atoms with Gasteiger partial charge in [-0.2, -0.15) is 5.10 Å². The minimum atomic E-state index is 0.0926. The Bertz CT molecular complexity index is 643. The van der Waals surface area contributed by atoms with Crippen LogP contribution in [0.15, 0.2) is 16.8 Å². The summed E-state index contributed by atoms with van der Waals surface area (Å²) in [5, 5.41) is 6.87. The van der Waals surface area contributed by atoms with Gasteiger partial charge >= 0.3 is 0 Å². The van der Waals surface area contributed by atoms with Gasteiger partial charge in [0.1, 0.15) is 11.5 Å². The summed E-state index contributed by atoms with van der Waals surface area (Å²) in [6.07, 6.45) is 5.91. The number of aromatic amines is 1. The molecule has 5 heteroatoms. The molecule has 1 unspecified atom stereocenters. The van der Waals surface area contributed by atoms with Gasteiger partial charge < -0.3 is 9.32 Å². The molecule has 1 fully saturated rings. The summed E-state index contributed by atoms with van der Waals surface area (Å²) >= 11 is 0. The zero-order chi connectivity index (χ0) is 15.0. The highest BCUT2D eigenvalue weighted by molar-refractivity contribution is 5.97. The predicted octanol–water partition coefficient (Wildman–Crippen LogP) is 2.95. The van der Waals surface area contributed by atoms with E-state index in [0.717, 1.165) is 48.6 Å². The Labute approximate surface area is 124 Å². The van der Waals surface area contributed by atoms with Gasteiger partial charge in [0.15, 0.2) is 0 Å². The summed E-state index contributed by atoms with van der Waals surface area (Å²) in [7, 11) is 0. The Morgan fingerprint density at radius 1 is 1.38 bits per heavy atom. The highest BCUT2D eigenvalue weighted by Crippen LogP contribution is 2.29. The van der Waals surface area contributed by atoms with Gasteiger partial charge in [0, 0.05) is 30.8 Å². The Morgan fingerprint density at radius 2 is 2.19 bits per heavy atom. The number of aromatic nitrogens is 2. The van der Waals surface area contributed by atoms with Crippen LogP contribution in [0.5, 0.6) is 0 Å². The highest BCUT2D eigenvalue weighted by Gasteiger charge is 2.29. The third kappa shape index (κ3) is 2.48. The summed E-state index contributed by atoms with van der Waals surface area (Å²) in [6, 6.07) is 0. The molecule has 1 atom stereocenters. The second-order valence-corrected chi connectivity index (χ2v) is 5.84. The lowest BCUT2D eigenvalue weighted by Gasteiger charge is -2.32. The number of amides is 1. The van der Waals surface area contributed by atoms with Crippen LogP contribution in [0.1, 0.15) is 51.8 Å². The average Bonchev–Trinajstić information content (AvgIpc) is 3.08. The van der Waals surface area contributed by atoms with E-state index < -0.39 is 0 Å². The van der Waals surface area contributed by atoms with E-state index >= 15 is 0 Å². The maximum absolute atomic E-state index is 12.8. The molecule has 2 aromatic rings. The van der Waals surface area contributed by atoms with Crippen molar-refractivity contribution in [3.05, 3.63) is 40.6 Å². The molecule has 1 aliphatic heterocycles. The molecule has 1 aliphatic rings. The van der Waals surface area contributed by atoms with Crippen molar-refractivity contribution in [2.24, 2.45) is 0 Å². The third-order valence-corrected chi connectivity index (χ3v) is 4.47. The van der Waals surface area contributed by atoms with Gasteiger partial charge in [0.2, 0.25) is 0 Å². The van der Waals surface area contributed by atoms with Gasteiger partial charge in [-0.1, -0.05) is 0 Å². The fraction of sp³-hybridized carbons (Fsp3) is 0.500. The Morgan fingerprint density at radius 3 is 2.81 bits per heavy atom. The van der Waals surface area contributed by atoms with Crippen molar-refractivity contribution in [3.63, 3.8) is 0 Å². The molecular weight excluding hydrogens is 266 g/mol. The quantitative estimate of drug-likeness (QED) is 0.923. The van der Waals surface area contributed by atoms with Crippen molar-refractivity contribution in [2.75, 3.05) is 13.1 Å². The summed E-state index contributed by atoms with van der Waals surface area (Å²) in [5.41, 5.74) is 2.88. The molecule has 2 aromatic heterocycles. The molecule has 0 aliphatic carbocycles. The molecule has 21 heavy (non-hydrogen) atoms. The second kappa shape index (κ2) is 5.39. The normalized spacial score (nSPS) is 19.0. The van der Waals surface area contributed by atoms with E-state index in [2.05, 4.69) is 10.2 Å². The molecule has 5 nitrogen and oxygen atoms in total. The fourth-order valence-corrected chi connectivity index (χ4v) is 3.18. The van der Waals surface area contributed by atoms with Crippen molar-refractivity contribution in [1.29, 1.82) is 0 Å². The number of rotatable bonds is 2. The zero-order valence-electron chi connectivity index (χ0n) is 12.8. The Balaban J connectivity index is 1.81. The molecular formula is C16H21N3O2. The number of carbonyl (C=O) groups excluding carboxylic acids is 1. The standard InChI is InChI=1S/C16H21N3O2/c1-10-11(2)21-12(3)15(10)16(20)19-6-4-5-13(9-19)14-7-17-18-8-14/h7-8,13H,4-6,9H2,1-3H3,(H,17,18). The van der Waals surface area contributed by atoms with E-state index in [1.807, 2.05) is 38.1 Å². The first-order valence-corrected chi connectivity index (χ1v) is 7.42. The lowest BCUT2D eigenvalue weighted by Crippen LogP contribution is -2.39. The van der Waals surface area contributed by atoms with Gasteiger partial charge in [-0.3, -0.25) is 9.89 Å². The summed E-state index contributed by atoms with van der Waals surface area (Å²) < 4.78 is 5.59. The van der Waals surface area contributed by atoms with Crippen molar-refractivity contribution in [2.45, 2.75) is 39.5 Å². The van der Waals surface area contributed by atoms with E-state index in [4.69, 9.17) is 4.42 Å². The number of hydrogen-bond acceptors (Lipinski definition) is 3. The van der Waals surface area contributed by atoms with Gasteiger partial charge in [-0.05, 0) is 39.2 Å². The van der Waals surface area contributed by atoms with Crippen LogP contribution in [0, 0.1) is 20.8 Å². The summed E-state index contributed by atoms with van der Waals surface area (Å²) in [6.45, 7) is 7.29. The molecule has 0 bridgehead atoms. The minimum absolute atomic E-state index is 0.0926. The average molecular weight is 287 g/mol. The van der Waals surface area contributed by atoms with Crippen molar-refractivity contribution >= 4 is 5.91 Å². The summed E-state index contributed by atoms with van der Waals surface area (Å²) in [5.74, 6) is 2.02. The van der Waals surface area contributed by atoms with Crippen LogP contribution < -0.4 is 0 Å². The van der Waals surface area contributed by atoms with Crippen LogP contribution in [0.3, 0.4) is 0 Å². The number of likely N-dealkylation sites (tertiary alicyclic amines) is 1. The molecule has 1 saturated heterocycles. The third-order valence-electron chi connectivity index (χ3n) is 4.47. The van der Waals surface area contributed by atoms with Crippen LogP contribution >= 0.6 is 0 Å². The van der Waals surface area contributed by atoms with E-state index in [1.54, 1.807) is 0 Å². The molecule has 0 radical (unpaired) electrons. The number of furan rings is 1. The number of nitrogens with zero attached hydrogens (tertiary/aromatic N) is 2.